The van der Waals surface area contributed by atoms with Crippen molar-refractivity contribution in [2.75, 3.05) is 30.3 Å². The summed E-state index contributed by atoms with van der Waals surface area (Å²) in [6.07, 6.45) is 3.67. The molecule has 2 aromatic heterocycles. The summed E-state index contributed by atoms with van der Waals surface area (Å²) >= 11 is 0. The lowest BCUT2D eigenvalue weighted by Gasteiger charge is -2.24. The van der Waals surface area contributed by atoms with E-state index in [1.807, 2.05) is 39.0 Å². The molecule has 2 amide bonds. The van der Waals surface area contributed by atoms with E-state index in [0.717, 1.165) is 11.8 Å². The van der Waals surface area contributed by atoms with Gasteiger partial charge >= 0.3 is 6.09 Å². The third kappa shape index (κ3) is 7.47. The summed E-state index contributed by atoms with van der Waals surface area (Å²) < 4.78 is 26.3. The van der Waals surface area contributed by atoms with Crippen molar-refractivity contribution in [3.63, 3.8) is 0 Å². The van der Waals surface area contributed by atoms with Crippen LogP contribution in [-0.4, -0.2) is 61.9 Å². The van der Waals surface area contributed by atoms with E-state index in [0.29, 0.717) is 48.3 Å². The Morgan fingerprint density at radius 2 is 1.98 bits per heavy atom. The average molecular weight is 562 g/mol. The summed E-state index contributed by atoms with van der Waals surface area (Å²) in [6.45, 7) is 7.26. The molecule has 3 heterocycles. The lowest BCUT2D eigenvalue weighted by molar-refractivity contribution is -0.116. The number of carbonyl (C=O) groups excluding carboxylic acids is 2. The Bertz CT molecular complexity index is 1550. The molecule has 5 rings (SSSR count). The van der Waals surface area contributed by atoms with Crippen LogP contribution in [0.1, 0.15) is 27.2 Å². The van der Waals surface area contributed by atoms with Gasteiger partial charge in [0, 0.05) is 48.4 Å². The fraction of sp³-hybridized carbons (Fsp3) is 0.345. The zero-order valence-electron chi connectivity index (χ0n) is 23.1. The van der Waals surface area contributed by atoms with Crippen LogP contribution in [0, 0.1) is 11.7 Å². The first-order valence-corrected chi connectivity index (χ1v) is 13.3. The molecule has 0 bridgehead atoms. The highest BCUT2D eigenvalue weighted by molar-refractivity contribution is 5.91. The second-order valence-corrected chi connectivity index (χ2v) is 10.9. The molecule has 214 valence electrons. The van der Waals surface area contributed by atoms with Gasteiger partial charge in [0.25, 0.3) is 0 Å². The summed E-state index contributed by atoms with van der Waals surface area (Å²) in [5, 5.41) is 11.0. The Hall–Kier alpha value is -4.74. The first kappa shape index (κ1) is 27.8. The van der Waals surface area contributed by atoms with Crippen LogP contribution in [0.15, 0.2) is 61.1 Å². The maximum absolute atomic E-state index is 13.4. The summed E-state index contributed by atoms with van der Waals surface area (Å²) in [7, 11) is 0. The maximum atomic E-state index is 13.4. The van der Waals surface area contributed by atoms with Crippen LogP contribution in [0.2, 0.25) is 0 Å². The molecule has 0 radical (unpaired) electrons. The molecular weight excluding hydrogens is 529 g/mol. The maximum Gasteiger partial charge on any atom is 0.410 e. The number of hydrogen-bond donors (Lipinski definition) is 2. The number of anilines is 3. The molecule has 1 aliphatic rings. The predicted molar refractivity (Wildman–Crippen MR) is 151 cm³/mol. The molecule has 0 spiro atoms. The number of hydrogen-bond acceptors (Lipinski definition) is 8. The zero-order chi connectivity index (χ0) is 29.0. The van der Waals surface area contributed by atoms with Crippen LogP contribution >= 0.6 is 0 Å². The van der Waals surface area contributed by atoms with Crippen molar-refractivity contribution in [2.24, 2.45) is 5.92 Å². The molecule has 2 aromatic carbocycles. The number of rotatable bonds is 8. The molecule has 0 aliphatic carbocycles. The minimum atomic E-state index is -0.520. The Kier molecular flexibility index (Phi) is 7.99. The monoisotopic (exact) mass is 561 g/mol. The van der Waals surface area contributed by atoms with E-state index in [1.54, 1.807) is 23.2 Å². The van der Waals surface area contributed by atoms with Gasteiger partial charge in [-0.2, -0.15) is 5.10 Å². The van der Waals surface area contributed by atoms with E-state index in [2.05, 4.69) is 25.7 Å². The highest BCUT2D eigenvalue weighted by Gasteiger charge is 2.30. The lowest BCUT2D eigenvalue weighted by Crippen LogP contribution is -2.35. The largest absolute Gasteiger partial charge is 0.493 e. The molecule has 12 heteroatoms. The van der Waals surface area contributed by atoms with Gasteiger partial charge < -0.3 is 25.0 Å². The molecule has 11 nitrogen and oxygen atoms in total. The van der Waals surface area contributed by atoms with Gasteiger partial charge in [0.15, 0.2) is 5.82 Å². The fourth-order valence-electron chi connectivity index (χ4n) is 4.45. The predicted octanol–water partition coefficient (Wildman–Crippen LogP) is 4.98. The third-order valence-electron chi connectivity index (χ3n) is 6.33. The zero-order valence-corrected chi connectivity index (χ0v) is 23.1. The number of likely N-dealkylation sites (tertiary alicyclic amines) is 1. The summed E-state index contributed by atoms with van der Waals surface area (Å²) in [5.74, 6) is 1.18. The molecule has 1 aliphatic heterocycles. The van der Waals surface area contributed by atoms with Gasteiger partial charge in [-0.1, -0.05) is 6.07 Å². The molecule has 2 N–H and O–H groups in total. The number of fused-ring (bicyclic) bond motifs is 1. The quantitative estimate of drug-likeness (QED) is 0.309. The number of ether oxygens (including phenoxy) is 2. The van der Waals surface area contributed by atoms with Crippen molar-refractivity contribution in [1.82, 2.24) is 24.6 Å². The van der Waals surface area contributed by atoms with Crippen molar-refractivity contribution in [3.05, 3.63) is 66.9 Å². The van der Waals surface area contributed by atoms with Crippen LogP contribution < -0.4 is 15.4 Å². The Labute approximate surface area is 236 Å². The Morgan fingerprint density at radius 1 is 1.12 bits per heavy atom. The number of nitrogens with one attached hydrogen (secondary N) is 2. The van der Waals surface area contributed by atoms with Crippen LogP contribution in [0.5, 0.6) is 5.75 Å². The van der Waals surface area contributed by atoms with Crippen molar-refractivity contribution in [1.29, 1.82) is 0 Å². The van der Waals surface area contributed by atoms with Crippen molar-refractivity contribution < 1.29 is 23.5 Å². The number of nitrogens with zero attached hydrogens (tertiary/aromatic N) is 5. The van der Waals surface area contributed by atoms with Crippen LogP contribution in [0.3, 0.4) is 0 Å². The van der Waals surface area contributed by atoms with E-state index < -0.39 is 11.4 Å². The standard InChI is InChI=1S/C29H32FN7O4/c1-29(2,3)41-28(39)36-11-9-19(15-36)17-40-22-7-8-23-24(14-22)31-18-32-27(23)34-25-10-12-37(35-25)16-26(38)33-21-6-4-5-20(30)13-21/h4-8,10,12-14,18-19H,9,11,15-17H2,1-3H3,(H,33,38)(H,31,32,34,35). The molecule has 1 unspecified atom stereocenters. The highest BCUT2D eigenvalue weighted by atomic mass is 19.1. The van der Waals surface area contributed by atoms with Crippen LogP contribution in [0.4, 0.5) is 26.5 Å². The first-order valence-electron chi connectivity index (χ1n) is 13.3. The Balaban J connectivity index is 1.16. The molecule has 0 saturated carbocycles. The summed E-state index contributed by atoms with van der Waals surface area (Å²) in [5.41, 5.74) is 0.548. The number of aromatic nitrogens is 4. The molecule has 4 aromatic rings. The SMILES string of the molecule is CC(C)(C)OC(=O)N1CCC(COc2ccc3c(Nc4ccn(CC(=O)Nc5cccc(F)c5)n4)ncnc3c2)C1. The molecule has 1 saturated heterocycles. The van der Waals surface area contributed by atoms with E-state index in [1.165, 1.54) is 29.2 Å². The average Bonchev–Trinajstić information content (AvgIpc) is 3.56. The van der Waals surface area contributed by atoms with Gasteiger partial charge in [0.1, 0.15) is 35.9 Å². The van der Waals surface area contributed by atoms with Crippen LogP contribution in [-0.2, 0) is 16.1 Å². The van der Waals surface area contributed by atoms with Gasteiger partial charge in [0.05, 0.1) is 12.1 Å². The van der Waals surface area contributed by atoms with Crippen molar-refractivity contribution >= 4 is 40.2 Å². The summed E-state index contributed by atoms with van der Waals surface area (Å²) in [4.78, 5) is 35.1. The summed E-state index contributed by atoms with van der Waals surface area (Å²) in [6, 6.07) is 13.0. The number of halogens is 1. The van der Waals surface area contributed by atoms with E-state index in [4.69, 9.17) is 9.47 Å². The van der Waals surface area contributed by atoms with Crippen LogP contribution in [0.25, 0.3) is 10.9 Å². The van der Waals surface area contributed by atoms with Gasteiger partial charge in [-0.3, -0.25) is 9.48 Å². The van der Waals surface area contributed by atoms with Crippen molar-refractivity contribution in [2.45, 2.75) is 39.3 Å². The van der Waals surface area contributed by atoms with Gasteiger partial charge in [-0.25, -0.2) is 19.2 Å². The molecule has 1 atom stereocenters. The van der Waals surface area contributed by atoms with E-state index >= 15 is 0 Å². The molecule has 41 heavy (non-hydrogen) atoms. The topological polar surface area (TPSA) is 124 Å². The number of carbonyl (C=O) groups is 2. The number of amides is 2. The number of benzene rings is 2. The normalized spacial score (nSPS) is 15.1. The van der Waals surface area contributed by atoms with E-state index in [-0.39, 0.29) is 24.5 Å². The molecular formula is C29H32FN7O4. The lowest BCUT2D eigenvalue weighted by atomic mass is 10.1. The highest BCUT2D eigenvalue weighted by Crippen LogP contribution is 2.27. The van der Waals surface area contributed by atoms with Crippen molar-refractivity contribution in [3.8, 4) is 5.75 Å². The Morgan fingerprint density at radius 3 is 2.78 bits per heavy atom. The van der Waals surface area contributed by atoms with Gasteiger partial charge in [-0.15, -0.1) is 0 Å². The second-order valence-electron chi connectivity index (χ2n) is 10.9. The second kappa shape index (κ2) is 11.8. The van der Waals surface area contributed by atoms with Gasteiger partial charge in [-0.05, 0) is 57.5 Å². The van der Waals surface area contributed by atoms with E-state index in [9.17, 15) is 14.0 Å². The molecule has 1 fully saturated rings. The minimum Gasteiger partial charge on any atom is -0.493 e. The van der Waals surface area contributed by atoms with Gasteiger partial charge in [0.2, 0.25) is 5.91 Å². The minimum absolute atomic E-state index is 0.0417. The fourth-order valence-corrected chi connectivity index (χ4v) is 4.45. The third-order valence-corrected chi connectivity index (χ3v) is 6.33. The first-order chi connectivity index (χ1) is 19.6. The smallest absolute Gasteiger partial charge is 0.410 e.